The highest BCUT2D eigenvalue weighted by atomic mass is 28.3. The van der Waals surface area contributed by atoms with Gasteiger partial charge >= 0.3 is 0 Å². The maximum absolute atomic E-state index is 9.20. The molecule has 0 unspecified atom stereocenters. The minimum atomic E-state index is -1.17. The van der Waals surface area contributed by atoms with Gasteiger partial charge in [-0.3, -0.25) is 4.98 Å². The fraction of sp³-hybridized carbons (Fsp3) is 0.276. The molecule has 0 aliphatic rings. The van der Waals surface area contributed by atoms with Gasteiger partial charge in [-0.1, -0.05) is 50.0 Å². The number of aromatic amines is 1. The zero-order valence-corrected chi connectivity index (χ0v) is 22.8. The second-order valence-corrected chi connectivity index (χ2v) is 16.1. The molecule has 8 heteroatoms. The smallest absolute Gasteiger partial charge is 0.159 e. The molecule has 0 fully saturated rings. The number of benzene rings is 2. The van der Waals surface area contributed by atoms with Gasteiger partial charge in [-0.2, -0.15) is 5.10 Å². The van der Waals surface area contributed by atoms with Crippen molar-refractivity contribution in [2.75, 3.05) is 13.2 Å². The summed E-state index contributed by atoms with van der Waals surface area (Å²) in [5.74, 6) is 0.735. The number of nitrogens with zero attached hydrogens (tertiary/aromatic N) is 4. The van der Waals surface area contributed by atoms with E-state index in [4.69, 9.17) is 14.8 Å². The van der Waals surface area contributed by atoms with Gasteiger partial charge in [0, 0.05) is 38.0 Å². The van der Waals surface area contributed by atoms with Crippen LogP contribution in [0.1, 0.15) is 11.1 Å². The molecule has 0 saturated heterocycles. The third-order valence-electron chi connectivity index (χ3n) is 6.54. The number of imidazole rings is 1. The van der Waals surface area contributed by atoms with E-state index in [1.165, 1.54) is 0 Å². The number of H-pyrrole nitrogens is 1. The molecule has 0 aliphatic heterocycles. The molecule has 0 radical (unpaired) electrons. The van der Waals surface area contributed by atoms with E-state index in [0.717, 1.165) is 68.4 Å². The molecule has 3 heterocycles. The standard InChI is InChI=1S/C29H33N5O2Si/c1-20-22(8-7-13-35)17-30-18-24(20)21-11-12-27-23(16-21)28(29-31-25-9-5-6-10-26(25)32-29)33-34(27)19-36-14-15-37(2,3)4/h5-12,16-18,35H,13-15,19H2,1-4H3,(H,31,32)/b8-7+. The number of aromatic nitrogens is 5. The van der Waals surface area contributed by atoms with Crippen LogP contribution in [-0.4, -0.2) is 51.1 Å². The number of aliphatic hydroxyl groups is 1. The summed E-state index contributed by atoms with van der Waals surface area (Å²) in [5.41, 5.74) is 7.85. The largest absolute Gasteiger partial charge is 0.392 e. The predicted molar refractivity (Wildman–Crippen MR) is 153 cm³/mol. The molecule has 0 saturated carbocycles. The maximum atomic E-state index is 9.20. The van der Waals surface area contributed by atoms with Crippen LogP contribution in [-0.2, 0) is 11.5 Å². The molecule has 2 aromatic carbocycles. The number of ether oxygens (including phenoxy) is 1. The van der Waals surface area contributed by atoms with Crippen molar-refractivity contribution in [2.24, 2.45) is 0 Å². The Morgan fingerprint density at radius 2 is 1.95 bits per heavy atom. The number of para-hydroxylation sites is 2. The van der Waals surface area contributed by atoms with E-state index in [0.29, 0.717) is 6.73 Å². The van der Waals surface area contributed by atoms with Gasteiger partial charge in [0.15, 0.2) is 5.82 Å². The normalized spacial score (nSPS) is 12.4. The summed E-state index contributed by atoms with van der Waals surface area (Å²) in [6.07, 6.45) is 7.33. The molecule has 5 aromatic rings. The van der Waals surface area contributed by atoms with E-state index in [-0.39, 0.29) is 6.61 Å². The van der Waals surface area contributed by atoms with E-state index in [1.807, 2.05) is 47.4 Å². The first-order valence-corrected chi connectivity index (χ1v) is 16.3. The summed E-state index contributed by atoms with van der Waals surface area (Å²) in [6, 6.07) is 15.5. The first kappa shape index (κ1) is 25.1. The Morgan fingerprint density at radius 3 is 2.73 bits per heavy atom. The summed E-state index contributed by atoms with van der Waals surface area (Å²) in [7, 11) is -1.17. The van der Waals surface area contributed by atoms with Crippen molar-refractivity contribution in [1.29, 1.82) is 0 Å². The van der Waals surface area contributed by atoms with Crippen molar-refractivity contribution in [3.8, 4) is 22.6 Å². The molecule has 2 N–H and O–H groups in total. The monoisotopic (exact) mass is 511 g/mol. The van der Waals surface area contributed by atoms with Crippen molar-refractivity contribution >= 4 is 36.1 Å². The molecule has 37 heavy (non-hydrogen) atoms. The number of hydrogen-bond acceptors (Lipinski definition) is 5. The molecular weight excluding hydrogens is 478 g/mol. The number of aliphatic hydroxyl groups excluding tert-OH is 1. The Balaban J connectivity index is 1.59. The van der Waals surface area contributed by atoms with Crippen LogP contribution in [0.5, 0.6) is 0 Å². The average molecular weight is 512 g/mol. The fourth-order valence-corrected chi connectivity index (χ4v) is 5.15. The lowest BCUT2D eigenvalue weighted by atomic mass is 9.97. The molecule has 0 spiro atoms. The minimum Gasteiger partial charge on any atom is -0.392 e. The van der Waals surface area contributed by atoms with Gasteiger partial charge in [0.1, 0.15) is 12.4 Å². The quantitative estimate of drug-likeness (QED) is 0.180. The van der Waals surface area contributed by atoms with Crippen molar-refractivity contribution in [2.45, 2.75) is 39.3 Å². The maximum Gasteiger partial charge on any atom is 0.159 e. The van der Waals surface area contributed by atoms with Gasteiger partial charge < -0.3 is 14.8 Å². The summed E-state index contributed by atoms with van der Waals surface area (Å²) < 4.78 is 7.99. The van der Waals surface area contributed by atoms with Crippen LogP contribution in [0.15, 0.2) is 60.9 Å². The second-order valence-electron chi connectivity index (χ2n) is 10.5. The first-order chi connectivity index (χ1) is 17.8. The Bertz CT molecular complexity index is 1550. The van der Waals surface area contributed by atoms with Crippen LogP contribution in [0, 0.1) is 6.92 Å². The molecule has 190 valence electrons. The molecule has 3 aromatic heterocycles. The molecule has 0 amide bonds. The number of hydrogen-bond donors (Lipinski definition) is 2. The summed E-state index contributed by atoms with van der Waals surface area (Å²) in [4.78, 5) is 12.7. The summed E-state index contributed by atoms with van der Waals surface area (Å²) in [5, 5.41) is 15.2. The first-order valence-electron chi connectivity index (χ1n) is 12.6. The van der Waals surface area contributed by atoms with Gasteiger partial charge in [-0.25, -0.2) is 9.67 Å². The van der Waals surface area contributed by atoms with Gasteiger partial charge in [0.05, 0.1) is 23.2 Å². The van der Waals surface area contributed by atoms with E-state index < -0.39 is 8.07 Å². The van der Waals surface area contributed by atoms with Crippen LogP contribution in [0.25, 0.3) is 50.7 Å². The molecule has 7 nitrogen and oxygen atoms in total. The minimum absolute atomic E-state index is 0.00428. The SMILES string of the molecule is Cc1c(/C=C/CO)cncc1-c1ccc2c(c1)c(-c1nc3ccccc3[nH]1)nn2COCC[Si](C)(C)C. The van der Waals surface area contributed by atoms with Crippen LogP contribution >= 0.6 is 0 Å². The molecule has 0 bridgehead atoms. The Hall–Kier alpha value is -3.59. The summed E-state index contributed by atoms with van der Waals surface area (Å²) >= 11 is 0. The highest BCUT2D eigenvalue weighted by molar-refractivity contribution is 6.76. The molecule has 0 aliphatic carbocycles. The molecule has 0 atom stereocenters. The third-order valence-corrected chi connectivity index (χ3v) is 8.25. The summed E-state index contributed by atoms with van der Waals surface area (Å²) in [6.45, 7) is 10.3. The highest BCUT2D eigenvalue weighted by Crippen LogP contribution is 2.33. The van der Waals surface area contributed by atoms with Gasteiger partial charge in [-0.15, -0.1) is 0 Å². The van der Waals surface area contributed by atoms with E-state index >= 15 is 0 Å². The Kier molecular flexibility index (Phi) is 7.06. The van der Waals surface area contributed by atoms with E-state index in [1.54, 1.807) is 6.08 Å². The lowest BCUT2D eigenvalue weighted by Crippen LogP contribution is -2.22. The molecule has 5 rings (SSSR count). The predicted octanol–water partition coefficient (Wildman–Crippen LogP) is 6.27. The average Bonchev–Trinajstić information content (AvgIpc) is 3.46. The van der Waals surface area contributed by atoms with Crippen LogP contribution < -0.4 is 0 Å². The van der Waals surface area contributed by atoms with Gasteiger partial charge in [0.2, 0.25) is 0 Å². The number of fused-ring (bicyclic) bond motifs is 2. The molecular formula is C29H33N5O2Si. The van der Waals surface area contributed by atoms with Crippen molar-refractivity contribution in [3.63, 3.8) is 0 Å². The lowest BCUT2D eigenvalue weighted by molar-refractivity contribution is 0.0818. The van der Waals surface area contributed by atoms with Crippen molar-refractivity contribution in [1.82, 2.24) is 24.7 Å². The van der Waals surface area contributed by atoms with E-state index in [9.17, 15) is 5.11 Å². The van der Waals surface area contributed by atoms with Crippen LogP contribution in [0.3, 0.4) is 0 Å². The zero-order valence-electron chi connectivity index (χ0n) is 21.8. The van der Waals surface area contributed by atoms with Crippen LogP contribution in [0.4, 0.5) is 0 Å². The van der Waals surface area contributed by atoms with Gasteiger partial charge in [0.25, 0.3) is 0 Å². The topological polar surface area (TPSA) is 88.9 Å². The zero-order chi connectivity index (χ0) is 26.0. The van der Waals surface area contributed by atoms with Crippen molar-refractivity contribution < 1.29 is 9.84 Å². The Morgan fingerprint density at radius 1 is 1.11 bits per heavy atom. The van der Waals surface area contributed by atoms with Crippen molar-refractivity contribution in [3.05, 3.63) is 72.1 Å². The third kappa shape index (κ3) is 5.41. The Labute approximate surface area is 217 Å². The van der Waals surface area contributed by atoms with Crippen LogP contribution in [0.2, 0.25) is 25.7 Å². The number of pyridine rings is 1. The highest BCUT2D eigenvalue weighted by Gasteiger charge is 2.18. The van der Waals surface area contributed by atoms with Gasteiger partial charge in [-0.05, 0) is 53.9 Å². The number of rotatable bonds is 9. The number of nitrogens with one attached hydrogen (secondary N) is 1. The fourth-order valence-electron chi connectivity index (χ4n) is 4.39. The second kappa shape index (κ2) is 10.4. The van der Waals surface area contributed by atoms with E-state index in [2.05, 4.69) is 54.7 Å². The lowest BCUT2D eigenvalue weighted by Gasteiger charge is -2.15.